The van der Waals surface area contributed by atoms with Gasteiger partial charge in [-0.25, -0.2) is 9.67 Å². The number of carbonyl (C=O) groups excluding carboxylic acids is 2. The summed E-state index contributed by atoms with van der Waals surface area (Å²) in [5, 5.41) is 6.91. The van der Waals surface area contributed by atoms with Crippen LogP contribution in [0.5, 0.6) is 0 Å². The van der Waals surface area contributed by atoms with Crippen LogP contribution in [0.2, 0.25) is 0 Å². The fourth-order valence-corrected chi connectivity index (χ4v) is 3.09. The van der Waals surface area contributed by atoms with Crippen LogP contribution >= 0.6 is 11.3 Å². The molecule has 0 atom stereocenters. The van der Waals surface area contributed by atoms with Gasteiger partial charge in [0.1, 0.15) is 12.7 Å². The van der Waals surface area contributed by atoms with E-state index >= 15 is 0 Å². The van der Waals surface area contributed by atoms with Crippen molar-refractivity contribution in [2.24, 2.45) is 0 Å². The first-order chi connectivity index (χ1) is 11.6. The maximum absolute atomic E-state index is 12.2. The molecule has 0 aliphatic carbocycles. The van der Waals surface area contributed by atoms with Gasteiger partial charge in [-0.15, -0.1) is 11.3 Å². The lowest BCUT2D eigenvalue weighted by atomic mass is 10.2. The first-order valence-corrected chi connectivity index (χ1v) is 8.28. The van der Waals surface area contributed by atoms with Gasteiger partial charge < -0.3 is 5.32 Å². The first kappa shape index (κ1) is 16.1. The molecule has 24 heavy (non-hydrogen) atoms. The number of rotatable bonds is 6. The van der Waals surface area contributed by atoms with Crippen molar-refractivity contribution in [1.29, 1.82) is 0 Å². The lowest BCUT2D eigenvalue weighted by Crippen LogP contribution is -2.15. The number of aryl methyl sites for hydroxylation is 1. The van der Waals surface area contributed by atoms with E-state index in [4.69, 9.17) is 0 Å². The van der Waals surface area contributed by atoms with E-state index in [1.807, 2.05) is 31.2 Å². The number of anilines is 1. The van der Waals surface area contributed by atoms with E-state index in [0.717, 1.165) is 10.6 Å². The van der Waals surface area contributed by atoms with Crippen LogP contribution in [0.3, 0.4) is 0 Å². The van der Waals surface area contributed by atoms with Gasteiger partial charge in [0.15, 0.2) is 5.78 Å². The molecule has 0 saturated carbocycles. The predicted octanol–water partition coefficient (Wildman–Crippen LogP) is 3.24. The largest absolute Gasteiger partial charge is 0.324 e. The summed E-state index contributed by atoms with van der Waals surface area (Å²) >= 11 is 1.45. The number of thiophene rings is 1. The number of nitrogens with one attached hydrogen (secondary N) is 1. The van der Waals surface area contributed by atoms with Gasteiger partial charge in [-0.05, 0) is 31.2 Å². The van der Waals surface area contributed by atoms with Crippen LogP contribution < -0.4 is 5.32 Å². The molecule has 2 heterocycles. The van der Waals surface area contributed by atoms with Crippen molar-refractivity contribution >= 4 is 28.7 Å². The van der Waals surface area contributed by atoms with Crippen molar-refractivity contribution in [2.45, 2.75) is 19.8 Å². The topological polar surface area (TPSA) is 76.9 Å². The Bertz CT molecular complexity index is 855. The van der Waals surface area contributed by atoms with Gasteiger partial charge in [-0.1, -0.05) is 12.1 Å². The van der Waals surface area contributed by atoms with Crippen molar-refractivity contribution < 1.29 is 9.59 Å². The Morgan fingerprint density at radius 3 is 2.71 bits per heavy atom. The predicted molar refractivity (Wildman–Crippen MR) is 92.6 cm³/mol. The van der Waals surface area contributed by atoms with Gasteiger partial charge in [-0.3, -0.25) is 9.59 Å². The quantitative estimate of drug-likeness (QED) is 0.699. The van der Waals surface area contributed by atoms with Crippen molar-refractivity contribution in [3.05, 3.63) is 58.8 Å². The van der Waals surface area contributed by atoms with Gasteiger partial charge in [0.2, 0.25) is 5.91 Å². The Morgan fingerprint density at radius 1 is 1.17 bits per heavy atom. The highest BCUT2D eigenvalue weighted by Gasteiger charge is 2.13. The number of hydrogen-bond acceptors (Lipinski definition) is 5. The monoisotopic (exact) mass is 340 g/mol. The maximum atomic E-state index is 12.2. The smallest absolute Gasteiger partial charge is 0.224 e. The Labute approximate surface area is 143 Å². The fraction of sp³-hybridized carbons (Fsp3) is 0.176. The molecule has 3 aromatic rings. The summed E-state index contributed by atoms with van der Waals surface area (Å²) in [6.45, 7) is 1.95. The van der Waals surface area contributed by atoms with E-state index in [0.29, 0.717) is 10.6 Å². The summed E-state index contributed by atoms with van der Waals surface area (Å²) in [4.78, 5) is 29.9. The Balaban J connectivity index is 1.62. The number of ketones is 1. The third-order valence-corrected chi connectivity index (χ3v) is 4.48. The molecular formula is C17H16N4O2S. The zero-order valence-electron chi connectivity index (χ0n) is 13.1. The highest BCUT2D eigenvalue weighted by Crippen LogP contribution is 2.20. The average Bonchev–Trinajstić information content (AvgIpc) is 3.25. The summed E-state index contributed by atoms with van der Waals surface area (Å²) in [6.07, 6.45) is 3.33. The summed E-state index contributed by atoms with van der Waals surface area (Å²) in [6, 6.07) is 11.0. The second kappa shape index (κ2) is 7.18. The molecular weight excluding hydrogens is 324 g/mol. The Kier molecular flexibility index (Phi) is 4.81. The van der Waals surface area contributed by atoms with E-state index < -0.39 is 0 Å². The highest BCUT2D eigenvalue weighted by atomic mass is 32.1. The van der Waals surface area contributed by atoms with E-state index in [1.165, 1.54) is 17.7 Å². The molecule has 1 aromatic carbocycles. The van der Waals surface area contributed by atoms with Crippen LogP contribution in [0, 0.1) is 6.92 Å². The minimum Gasteiger partial charge on any atom is -0.324 e. The van der Waals surface area contributed by atoms with Crippen molar-refractivity contribution in [3.63, 3.8) is 0 Å². The number of nitrogens with zero attached hydrogens (tertiary/aromatic N) is 3. The number of carbonyl (C=O) groups is 2. The molecule has 0 unspecified atom stereocenters. The maximum Gasteiger partial charge on any atom is 0.224 e. The number of hydrogen-bond donors (Lipinski definition) is 1. The van der Waals surface area contributed by atoms with Crippen LogP contribution in [0.4, 0.5) is 5.69 Å². The molecule has 0 aliphatic heterocycles. The van der Waals surface area contributed by atoms with Crippen LogP contribution in [0.25, 0.3) is 5.69 Å². The summed E-state index contributed by atoms with van der Waals surface area (Å²) in [5.41, 5.74) is 1.36. The zero-order valence-corrected chi connectivity index (χ0v) is 13.9. The molecule has 1 N–H and O–H groups in total. The second-order valence-corrected chi connectivity index (χ2v) is 6.53. The van der Waals surface area contributed by atoms with Gasteiger partial charge in [0.25, 0.3) is 0 Å². The van der Waals surface area contributed by atoms with Gasteiger partial charge in [-0.2, -0.15) is 5.10 Å². The van der Waals surface area contributed by atoms with E-state index in [-0.39, 0.29) is 24.5 Å². The third-order valence-electron chi connectivity index (χ3n) is 3.44. The van der Waals surface area contributed by atoms with Gasteiger partial charge in [0.05, 0.1) is 16.3 Å². The van der Waals surface area contributed by atoms with Crippen LogP contribution in [-0.4, -0.2) is 26.5 Å². The molecule has 1 amide bonds. The fourth-order valence-electron chi connectivity index (χ4n) is 2.26. The molecule has 0 saturated heterocycles. The molecule has 0 spiro atoms. The Hall–Kier alpha value is -2.80. The molecule has 0 radical (unpaired) electrons. The number of benzene rings is 1. The van der Waals surface area contributed by atoms with E-state index in [9.17, 15) is 9.59 Å². The second-order valence-electron chi connectivity index (χ2n) is 5.24. The number of amides is 1. The van der Waals surface area contributed by atoms with E-state index in [1.54, 1.807) is 23.1 Å². The van der Waals surface area contributed by atoms with Crippen LogP contribution in [0.1, 0.15) is 27.4 Å². The molecule has 122 valence electrons. The van der Waals surface area contributed by atoms with Crippen molar-refractivity contribution in [1.82, 2.24) is 14.8 Å². The SMILES string of the molecule is Cc1ccc(C(=O)CCC(=O)Nc2ccccc2-n2cncn2)s1. The van der Waals surface area contributed by atoms with Crippen LogP contribution in [0.15, 0.2) is 49.1 Å². The van der Waals surface area contributed by atoms with Crippen LogP contribution in [-0.2, 0) is 4.79 Å². The minimum atomic E-state index is -0.204. The van der Waals surface area contributed by atoms with Crippen molar-refractivity contribution in [2.75, 3.05) is 5.32 Å². The lowest BCUT2D eigenvalue weighted by molar-refractivity contribution is -0.116. The normalized spacial score (nSPS) is 10.5. The first-order valence-electron chi connectivity index (χ1n) is 7.47. The molecule has 0 bridgehead atoms. The molecule has 0 aliphatic rings. The number of Topliss-reactive ketones (excluding diaryl/α,β-unsaturated/α-hetero) is 1. The molecule has 7 heteroatoms. The molecule has 6 nitrogen and oxygen atoms in total. The molecule has 3 rings (SSSR count). The summed E-state index contributed by atoms with van der Waals surface area (Å²) in [5.74, 6) is -0.211. The van der Waals surface area contributed by atoms with Crippen molar-refractivity contribution in [3.8, 4) is 5.69 Å². The minimum absolute atomic E-state index is 0.00666. The highest BCUT2D eigenvalue weighted by molar-refractivity contribution is 7.14. The average molecular weight is 340 g/mol. The Morgan fingerprint density at radius 2 is 2.00 bits per heavy atom. The lowest BCUT2D eigenvalue weighted by Gasteiger charge is -2.10. The summed E-state index contributed by atoms with van der Waals surface area (Å²) in [7, 11) is 0. The molecule has 2 aromatic heterocycles. The van der Waals surface area contributed by atoms with Gasteiger partial charge >= 0.3 is 0 Å². The third kappa shape index (κ3) is 3.75. The number of aromatic nitrogens is 3. The standard InChI is InChI=1S/C17H16N4O2S/c1-12-6-8-16(24-12)15(22)7-9-17(23)20-13-4-2-3-5-14(13)21-11-18-10-19-21/h2-6,8,10-11H,7,9H2,1H3,(H,20,23). The number of para-hydroxylation sites is 2. The van der Waals surface area contributed by atoms with Gasteiger partial charge in [0, 0.05) is 17.7 Å². The van der Waals surface area contributed by atoms with E-state index in [2.05, 4.69) is 15.4 Å². The zero-order chi connectivity index (χ0) is 16.9. The summed E-state index contributed by atoms with van der Waals surface area (Å²) < 4.78 is 1.58. The molecule has 0 fully saturated rings.